The molecule has 0 aromatic carbocycles. The first kappa shape index (κ1) is 9.97. The summed E-state index contributed by atoms with van der Waals surface area (Å²) in [5.74, 6) is -2.63. The van der Waals surface area contributed by atoms with Crippen molar-refractivity contribution in [1.82, 2.24) is 9.78 Å². The molecule has 0 spiro atoms. The summed E-state index contributed by atoms with van der Waals surface area (Å²) >= 11 is 0. The molecule has 0 bridgehead atoms. The number of carbonyl (C=O) groups is 2. The largest absolute Gasteiger partial charge is 0.478 e. The Bertz CT molecular complexity index is 394. The van der Waals surface area contributed by atoms with Crippen LogP contribution in [0.3, 0.4) is 0 Å². The van der Waals surface area contributed by atoms with E-state index in [4.69, 9.17) is 10.2 Å². The molecule has 0 aliphatic heterocycles. The van der Waals surface area contributed by atoms with E-state index in [9.17, 15) is 9.59 Å². The average molecular weight is 196 g/mol. The zero-order valence-electron chi connectivity index (χ0n) is 7.17. The molecule has 1 rings (SSSR count). The number of hydrogen-bond acceptors (Lipinski definition) is 3. The molecule has 0 aliphatic carbocycles. The Hall–Kier alpha value is -2.11. The van der Waals surface area contributed by atoms with Gasteiger partial charge in [0.05, 0.1) is 12.7 Å². The lowest BCUT2D eigenvalue weighted by Gasteiger charge is -2.00. The molecule has 1 aromatic heterocycles. The molecule has 0 aliphatic rings. The molecule has 0 fully saturated rings. The van der Waals surface area contributed by atoms with E-state index < -0.39 is 11.9 Å². The van der Waals surface area contributed by atoms with E-state index in [0.717, 1.165) is 10.9 Å². The Labute approximate surface area is 79.1 Å². The minimum atomic E-state index is -1.32. The van der Waals surface area contributed by atoms with Crippen LogP contribution in [0, 0.1) is 0 Å². The summed E-state index contributed by atoms with van der Waals surface area (Å²) < 4.78 is 1.07. The van der Waals surface area contributed by atoms with Gasteiger partial charge in [0.25, 0.3) is 0 Å². The fourth-order valence-electron chi connectivity index (χ4n) is 1.03. The molecule has 74 valence electrons. The summed E-state index contributed by atoms with van der Waals surface area (Å²) in [6.45, 7) is 3.57. The van der Waals surface area contributed by atoms with Crippen LogP contribution in [0.15, 0.2) is 18.9 Å². The Morgan fingerprint density at radius 1 is 1.50 bits per heavy atom. The van der Waals surface area contributed by atoms with Gasteiger partial charge >= 0.3 is 11.9 Å². The Morgan fingerprint density at radius 3 is 2.57 bits per heavy atom. The van der Waals surface area contributed by atoms with E-state index in [1.165, 1.54) is 6.08 Å². The SMILES string of the molecule is C=CCn1ncc(C(=O)O)c1C(=O)O. The summed E-state index contributed by atoms with van der Waals surface area (Å²) in [6, 6.07) is 0. The summed E-state index contributed by atoms with van der Waals surface area (Å²) in [7, 11) is 0. The molecule has 0 radical (unpaired) electrons. The van der Waals surface area contributed by atoms with Gasteiger partial charge < -0.3 is 10.2 Å². The number of allylic oxidation sites excluding steroid dienone is 1. The van der Waals surface area contributed by atoms with Crippen molar-refractivity contribution < 1.29 is 19.8 Å². The topological polar surface area (TPSA) is 92.4 Å². The lowest BCUT2D eigenvalue weighted by Crippen LogP contribution is -2.13. The average Bonchev–Trinajstić information content (AvgIpc) is 2.48. The zero-order chi connectivity index (χ0) is 10.7. The standard InChI is InChI=1S/C8H8N2O4/c1-2-3-10-6(8(13)14)5(4-9-10)7(11)12/h2,4H,1,3H2,(H,11,12)(H,13,14). The molecular weight excluding hydrogens is 188 g/mol. The van der Waals surface area contributed by atoms with Gasteiger partial charge in [-0.25, -0.2) is 9.59 Å². The summed E-state index contributed by atoms with van der Waals surface area (Å²) in [5, 5.41) is 21.0. The van der Waals surface area contributed by atoms with Crippen molar-refractivity contribution in [3.8, 4) is 0 Å². The monoisotopic (exact) mass is 196 g/mol. The highest BCUT2D eigenvalue weighted by atomic mass is 16.4. The van der Waals surface area contributed by atoms with Crippen molar-refractivity contribution in [1.29, 1.82) is 0 Å². The van der Waals surface area contributed by atoms with Gasteiger partial charge in [-0.05, 0) is 0 Å². The minimum absolute atomic E-state index is 0.162. The summed E-state index contributed by atoms with van der Waals surface area (Å²) in [6.07, 6.45) is 2.44. The number of rotatable bonds is 4. The summed E-state index contributed by atoms with van der Waals surface area (Å²) in [5.41, 5.74) is -0.656. The Balaban J connectivity index is 3.26. The number of carboxylic acids is 2. The smallest absolute Gasteiger partial charge is 0.355 e. The van der Waals surface area contributed by atoms with Crippen molar-refractivity contribution in [2.24, 2.45) is 0 Å². The maximum atomic E-state index is 10.7. The Morgan fingerprint density at radius 2 is 2.14 bits per heavy atom. The minimum Gasteiger partial charge on any atom is -0.478 e. The van der Waals surface area contributed by atoms with Crippen molar-refractivity contribution in [2.75, 3.05) is 0 Å². The van der Waals surface area contributed by atoms with Crippen molar-refractivity contribution in [2.45, 2.75) is 6.54 Å². The van der Waals surface area contributed by atoms with E-state index in [1.54, 1.807) is 0 Å². The van der Waals surface area contributed by atoms with E-state index in [0.29, 0.717) is 0 Å². The number of carboxylic acid groups (broad SMARTS) is 2. The van der Waals surface area contributed by atoms with Crippen LogP contribution < -0.4 is 0 Å². The van der Waals surface area contributed by atoms with E-state index in [1.807, 2.05) is 0 Å². The van der Waals surface area contributed by atoms with Crippen LogP contribution in [0.2, 0.25) is 0 Å². The molecule has 0 saturated heterocycles. The molecule has 6 heteroatoms. The van der Waals surface area contributed by atoms with Crippen molar-refractivity contribution in [3.63, 3.8) is 0 Å². The number of aromatic carboxylic acids is 2. The van der Waals surface area contributed by atoms with Gasteiger partial charge in [0.1, 0.15) is 5.56 Å². The normalized spacial score (nSPS) is 9.71. The second-order valence-electron chi connectivity index (χ2n) is 2.49. The molecule has 1 heterocycles. The second kappa shape index (κ2) is 3.73. The van der Waals surface area contributed by atoms with Gasteiger partial charge in [0.2, 0.25) is 0 Å². The maximum absolute atomic E-state index is 10.7. The van der Waals surface area contributed by atoms with Crippen LogP contribution >= 0.6 is 0 Å². The predicted molar refractivity (Wildman–Crippen MR) is 46.3 cm³/mol. The molecule has 1 aromatic rings. The molecule has 0 saturated carbocycles. The first-order valence-electron chi connectivity index (χ1n) is 3.71. The lowest BCUT2D eigenvalue weighted by atomic mass is 10.2. The highest BCUT2D eigenvalue weighted by Crippen LogP contribution is 2.08. The molecule has 0 amide bonds. The summed E-state index contributed by atoms with van der Waals surface area (Å²) in [4.78, 5) is 21.3. The lowest BCUT2D eigenvalue weighted by molar-refractivity contribution is 0.0643. The van der Waals surface area contributed by atoms with Gasteiger partial charge in [-0.3, -0.25) is 4.68 Å². The van der Waals surface area contributed by atoms with E-state index in [-0.39, 0.29) is 17.8 Å². The number of nitrogens with zero attached hydrogens (tertiary/aromatic N) is 2. The quantitative estimate of drug-likeness (QED) is 0.682. The maximum Gasteiger partial charge on any atom is 0.355 e. The molecule has 6 nitrogen and oxygen atoms in total. The first-order chi connectivity index (χ1) is 6.57. The number of aromatic nitrogens is 2. The van der Waals surface area contributed by atoms with Crippen LogP contribution in [-0.4, -0.2) is 31.9 Å². The third-order valence-electron chi connectivity index (χ3n) is 1.57. The highest BCUT2D eigenvalue weighted by Gasteiger charge is 2.21. The van der Waals surface area contributed by atoms with Crippen LogP contribution in [0.4, 0.5) is 0 Å². The van der Waals surface area contributed by atoms with E-state index in [2.05, 4.69) is 11.7 Å². The zero-order valence-corrected chi connectivity index (χ0v) is 7.17. The van der Waals surface area contributed by atoms with Gasteiger partial charge in [0.15, 0.2) is 5.69 Å². The fraction of sp³-hybridized carbons (Fsp3) is 0.125. The van der Waals surface area contributed by atoms with Crippen LogP contribution in [0.25, 0.3) is 0 Å². The molecule has 0 unspecified atom stereocenters. The van der Waals surface area contributed by atoms with Crippen molar-refractivity contribution in [3.05, 3.63) is 30.1 Å². The first-order valence-corrected chi connectivity index (χ1v) is 3.71. The van der Waals surface area contributed by atoms with Crippen LogP contribution in [0.5, 0.6) is 0 Å². The second-order valence-corrected chi connectivity index (χ2v) is 2.49. The van der Waals surface area contributed by atoms with Gasteiger partial charge in [-0.15, -0.1) is 6.58 Å². The highest BCUT2D eigenvalue weighted by molar-refractivity contribution is 6.00. The van der Waals surface area contributed by atoms with Gasteiger partial charge in [-0.1, -0.05) is 6.08 Å². The van der Waals surface area contributed by atoms with Gasteiger partial charge in [0, 0.05) is 0 Å². The third kappa shape index (κ3) is 1.63. The Kier molecular flexibility index (Phi) is 2.66. The van der Waals surface area contributed by atoms with Crippen LogP contribution in [0.1, 0.15) is 20.8 Å². The van der Waals surface area contributed by atoms with Crippen LogP contribution in [-0.2, 0) is 6.54 Å². The fourth-order valence-corrected chi connectivity index (χ4v) is 1.03. The molecule has 0 atom stereocenters. The molecular formula is C8H8N2O4. The molecule has 14 heavy (non-hydrogen) atoms. The van der Waals surface area contributed by atoms with Gasteiger partial charge in [-0.2, -0.15) is 5.10 Å². The molecule has 2 N–H and O–H groups in total. The third-order valence-corrected chi connectivity index (χ3v) is 1.57. The van der Waals surface area contributed by atoms with E-state index >= 15 is 0 Å². The van der Waals surface area contributed by atoms with Crippen molar-refractivity contribution >= 4 is 11.9 Å². The predicted octanol–water partition coefficient (Wildman–Crippen LogP) is 0.465. The number of hydrogen-bond donors (Lipinski definition) is 2.